The molecule has 0 bridgehead atoms. The Labute approximate surface area is 186 Å². The molecule has 0 unspecified atom stereocenters. The third-order valence-corrected chi connectivity index (χ3v) is 4.82. The Kier molecular flexibility index (Phi) is 6.51. The first-order valence-electron chi connectivity index (χ1n) is 10.2. The first-order valence-corrected chi connectivity index (χ1v) is 10.2. The molecule has 0 radical (unpaired) electrons. The Morgan fingerprint density at radius 1 is 0.875 bits per heavy atom. The van der Waals surface area contributed by atoms with Crippen molar-refractivity contribution in [1.82, 2.24) is 0 Å². The van der Waals surface area contributed by atoms with E-state index in [0.717, 1.165) is 22.4 Å². The number of aryl methyl sites for hydroxylation is 1. The molecule has 1 aliphatic rings. The second-order valence-corrected chi connectivity index (χ2v) is 7.07. The number of carbonyl (C=O) groups is 1. The molecular weight excluding hydrogens is 406 g/mol. The normalized spacial score (nSPS) is 14.1. The second kappa shape index (κ2) is 9.83. The van der Waals surface area contributed by atoms with Gasteiger partial charge < -0.3 is 18.9 Å². The highest BCUT2D eigenvalue weighted by Crippen LogP contribution is 2.30. The molecule has 0 saturated heterocycles. The van der Waals surface area contributed by atoms with Gasteiger partial charge in [0.25, 0.3) is 0 Å². The summed E-state index contributed by atoms with van der Waals surface area (Å²) in [6, 6.07) is 22.5. The average molecular weight is 429 g/mol. The van der Waals surface area contributed by atoms with Crippen molar-refractivity contribution in [2.75, 3.05) is 20.3 Å². The average Bonchev–Trinajstić information content (AvgIpc) is 3.19. The highest BCUT2D eigenvalue weighted by atomic mass is 16.6. The van der Waals surface area contributed by atoms with Gasteiger partial charge in [-0.1, -0.05) is 42.5 Å². The van der Waals surface area contributed by atoms with E-state index >= 15 is 0 Å². The Bertz CT molecular complexity index is 1170. The summed E-state index contributed by atoms with van der Waals surface area (Å²) in [5.41, 5.74) is 2.80. The number of rotatable bonds is 8. The molecule has 1 heterocycles. The van der Waals surface area contributed by atoms with E-state index in [1.165, 1.54) is 0 Å². The third-order valence-electron chi connectivity index (χ3n) is 4.82. The number of aliphatic imine (C=N–C) groups is 1. The Hall–Kier alpha value is -4.06. The lowest BCUT2D eigenvalue weighted by molar-refractivity contribution is -0.129. The fourth-order valence-corrected chi connectivity index (χ4v) is 3.19. The number of methoxy groups -OCH3 is 1. The molecule has 0 spiro atoms. The summed E-state index contributed by atoms with van der Waals surface area (Å²) < 4.78 is 22.3. The van der Waals surface area contributed by atoms with E-state index < -0.39 is 5.97 Å². The van der Waals surface area contributed by atoms with Crippen LogP contribution in [0.25, 0.3) is 6.08 Å². The molecule has 0 aliphatic carbocycles. The van der Waals surface area contributed by atoms with E-state index in [2.05, 4.69) is 4.99 Å². The molecule has 6 heteroatoms. The molecule has 3 aromatic carbocycles. The largest absolute Gasteiger partial charge is 0.493 e. The van der Waals surface area contributed by atoms with Gasteiger partial charge in [0.05, 0.1) is 7.11 Å². The highest BCUT2D eigenvalue weighted by molar-refractivity contribution is 6.12. The second-order valence-electron chi connectivity index (χ2n) is 7.07. The summed E-state index contributed by atoms with van der Waals surface area (Å²) in [4.78, 5) is 16.6. The van der Waals surface area contributed by atoms with Gasteiger partial charge in [-0.2, -0.15) is 0 Å². The topological polar surface area (TPSA) is 66.4 Å². The lowest BCUT2D eigenvalue weighted by Crippen LogP contribution is -2.10. The predicted octanol–water partition coefficient (Wildman–Crippen LogP) is 4.81. The number of nitrogens with zero attached hydrogens (tertiary/aromatic N) is 1. The van der Waals surface area contributed by atoms with Crippen molar-refractivity contribution in [3.8, 4) is 17.2 Å². The molecule has 0 amide bonds. The van der Waals surface area contributed by atoms with Crippen molar-refractivity contribution < 1.29 is 23.7 Å². The zero-order valence-electron chi connectivity index (χ0n) is 17.9. The van der Waals surface area contributed by atoms with Crippen LogP contribution in [0.4, 0.5) is 0 Å². The zero-order chi connectivity index (χ0) is 22.3. The summed E-state index contributed by atoms with van der Waals surface area (Å²) in [7, 11) is 1.57. The first kappa shape index (κ1) is 21.2. The monoisotopic (exact) mass is 429 g/mol. The molecule has 0 atom stereocenters. The molecule has 6 nitrogen and oxygen atoms in total. The van der Waals surface area contributed by atoms with Crippen LogP contribution >= 0.6 is 0 Å². The van der Waals surface area contributed by atoms with Gasteiger partial charge in [0.2, 0.25) is 5.90 Å². The fourth-order valence-electron chi connectivity index (χ4n) is 3.19. The van der Waals surface area contributed by atoms with Crippen molar-refractivity contribution in [2.24, 2.45) is 4.99 Å². The minimum absolute atomic E-state index is 0.228. The van der Waals surface area contributed by atoms with Crippen LogP contribution in [-0.4, -0.2) is 32.2 Å². The van der Waals surface area contributed by atoms with Crippen LogP contribution < -0.4 is 14.2 Å². The van der Waals surface area contributed by atoms with Crippen LogP contribution in [0.2, 0.25) is 0 Å². The number of benzene rings is 3. The molecule has 0 fully saturated rings. The number of para-hydroxylation sites is 1. The van der Waals surface area contributed by atoms with Gasteiger partial charge in [0, 0.05) is 5.56 Å². The number of carbonyl (C=O) groups excluding carboxylic acids is 1. The van der Waals surface area contributed by atoms with Crippen LogP contribution in [0.15, 0.2) is 83.5 Å². The number of esters is 1. The molecule has 3 aromatic rings. The SMILES string of the molecule is COc1cc(C=C2N=C(c3ccccc3)OC2=O)ccc1OCCOc1ccccc1C. The number of hydrogen-bond donors (Lipinski definition) is 0. The van der Waals surface area contributed by atoms with Crippen LogP contribution in [0.1, 0.15) is 16.7 Å². The van der Waals surface area contributed by atoms with Gasteiger partial charge >= 0.3 is 5.97 Å². The van der Waals surface area contributed by atoms with E-state index in [9.17, 15) is 4.79 Å². The molecule has 0 N–H and O–H groups in total. The van der Waals surface area contributed by atoms with Crippen LogP contribution in [0, 0.1) is 6.92 Å². The molecule has 1 aliphatic heterocycles. The van der Waals surface area contributed by atoms with Crippen molar-refractivity contribution >= 4 is 17.9 Å². The standard InChI is InChI=1S/C26H23NO5/c1-18-8-6-7-11-22(18)30-14-15-31-23-13-12-19(17-24(23)29-2)16-21-26(28)32-25(27-21)20-9-4-3-5-10-20/h3-13,16-17H,14-15H2,1-2H3. The van der Waals surface area contributed by atoms with Gasteiger partial charge in [-0.3, -0.25) is 0 Å². The molecular formula is C26H23NO5. The minimum atomic E-state index is -0.489. The quantitative estimate of drug-likeness (QED) is 0.292. The van der Waals surface area contributed by atoms with Gasteiger partial charge in [0.15, 0.2) is 17.2 Å². The van der Waals surface area contributed by atoms with E-state index in [1.807, 2.05) is 67.6 Å². The Morgan fingerprint density at radius 2 is 1.59 bits per heavy atom. The summed E-state index contributed by atoms with van der Waals surface area (Å²) in [6.07, 6.45) is 1.66. The molecule has 162 valence electrons. The summed E-state index contributed by atoms with van der Waals surface area (Å²) in [5.74, 6) is 1.78. The van der Waals surface area contributed by atoms with Crippen molar-refractivity contribution in [1.29, 1.82) is 0 Å². The lowest BCUT2D eigenvalue weighted by atomic mass is 10.1. The van der Waals surface area contributed by atoms with Crippen LogP contribution in [-0.2, 0) is 9.53 Å². The lowest BCUT2D eigenvalue weighted by Gasteiger charge is -2.13. The smallest absolute Gasteiger partial charge is 0.363 e. The van der Waals surface area contributed by atoms with Crippen molar-refractivity contribution in [3.05, 3.63) is 95.2 Å². The van der Waals surface area contributed by atoms with E-state index in [4.69, 9.17) is 18.9 Å². The van der Waals surface area contributed by atoms with Gasteiger partial charge in [0.1, 0.15) is 19.0 Å². The maximum absolute atomic E-state index is 12.2. The Balaban J connectivity index is 1.42. The van der Waals surface area contributed by atoms with Crippen molar-refractivity contribution in [2.45, 2.75) is 6.92 Å². The molecule has 0 aromatic heterocycles. The maximum atomic E-state index is 12.2. The third kappa shape index (κ3) is 4.98. The molecule has 4 rings (SSSR count). The summed E-state index contributed by atoms with van der Waals surface area (Å²) >= 11 is 0. The summed E-state index contributed by atoms with van der Waals surface area (Å²) in [5, 5.41) is 0. The van der Waals surface area contributed by atoms with Crippen LogP contribution in [0.5, 0.6) is 17.2 Å². The zero-order valence-corrected chi connectivity index (χ0v) is 17.9. The Morgan fingerprint density at radius 3 is 2.34 bits per heavy atom. The first-order chi connectivity index (χ1) is 15.6. The van der Waals surface area contributed by atoms with Gasteiger partial charge in [-0.05, 0) is 54.5 Å². The predicted molar refractivity (Wildman–Crippen MR) is 122 cm³/mol. The number of hydrogen-bond acceptors (Lipinski definition) is 6. The van der Waals surface area contributed by atoms with Crippen LogP contribution in [0.3, 0.4) is 0 Å². The van der Waals surface area contributed by atoms with Gasteiger partial charge in [-0.25, -0.2) is 9.79 Å². The number of cyclic esters (lactones) is 1. The maximum Gasteiger partial charge on any atom is 0.363 e. The van der Waals surface area contributed by atoms with E-state index in [-0.39, 0.29) is 5.70 Å². The highest BCUT2D eigenvalue weighted by Gasteiger charge is 2.24. The molecule has 0 saturated carbocycles. The van der Waals surface area contributed by atoms with Crippen molar-refractivity contribution in [3.63, 3.8) is 0 Å². The minimum Gasteiger partial charge on any atom is -0.493 e. The fraction of sp³-hybridized carbons (Fsp3) is 0.154. The van der Waals surface area contributed by atoms with E-state index in [1.54, 1.807) is 25.3 Å². The van der Waals surface area contributed by atoms with Gasteiger partial charge in [-0.15, -0.1) is 0 Å². The number of ether oxygens (including phenoxy) is 4. The summed E-state index contributed by atoms with van der Waals surface area (Å²) in [6.45, 7) is 2.77. The van der Waals surface area contributed by atoms with E-state index in [0.29, 0.717) is 30.6 Å². The molecule has 32 heavy (non-hydrogen) atoms.